The molecule has 1 saturated heterocycles. The number of hydrogen-bond acceptors (Lipinski definition) is 7. The van der Waals surface area contributed by atoms with Gasteiger partial charge < -0.3 is 9.88 Å². The number of carbonyl (C=O) groups is 1. The summed E-state index contributed by atoms with van der Waals surface area (Å²) in [6.07, 6.45) is 1.42. The molecule has 0 atom stereocenters. The molecule has 0 radical (unpaired) electrons. The fourth-order valence-electron chi connectivity index (χ4n) is 3.11. The van der Waals surface area contributed by atoms with Gasteiger partial charge in [-0.2, -0.15) is 10.5 Å². The van der Waals surface area contributed by atoms with E-state index in [2.05, 4.69) is 31.7 Å². The molecule has 140 valence electrons. The molecule has 1 aromatic carbocycles. The first-order valence-corrected chi connectivity index (χ1v) is 9.57. The number of hydrogen-bond donors (Lipinski definition) is 2. The Bertz CT molecular complexity index is 1100. The van der Waals surface area contributed by atoms with Crippen LogP contribution in [0.25, 0.3) is 11.1 Å². The minimum Gasteiger partial charge on any atom is -0.316 e. The molecule has 1 amide bonds. The summed E-state index contributed by atoms with van der Waals surface area (Å²) in [4.78, 5) is 28.5. The predicted molar refractivity (Wildman–Crippen MR) is 103 cm³/mol. The van der Waals surface area contributed by atoms with Gasteiger partial charge in [-0.1, -0.05) is 29.1 Å². The maximum absolute atomic E-state index is 12.2. The monoisotopic (exact) mass is 393 g/mol. The molecule has 3 heterocycles. The van der Waals surface area contributed by atoms with Crippen LogP contribution >= 0.6 is 11.8 Å². The van der Waals surface area contributed by atoms with Gasteiger partial charge in [0.2, 0.25) is 11.5 Å². The number of H-pyrrole nitrogens is 2. The van der Waals surface area contributed by atoms with Crippen molar-refractivity contribution in [2.75, 3.05) is 11.4 Å². The van der Waals surface area contributed by atoms with E-state index in [0.29, 0.717) is 40.7 Å². The number of nitrogens with zero attached hydrogens (tertiary/aromatic N) is 5. The Kier molecular flexibility index (Phi) is 4.90. The van der Waals surface area contributed by atoms with Gasteiger partial charge in [0.1, 0.15) is 6.07 Å². The fourth-order valence-corrected chi connectivity index (χ4v) is 3.97. The third-order valence-electron chi connectivity index (χ3n) is 4.42. The lowest BCUT2D eigenvalue weighted by atomic mass is 10.0. The molecule has 2 aromatic heterocycles. The number of amides is 1. The Labute approximate surface area is 163 Å². The molecule has 0 unspecified atom stereocenters. The van der Waals surface area contributed by atoms with Crippen LogP contribution in [0, 0.1) is 11.3 Å². The predicted octanol–water partition coefficient (Wildman–Crippen LogP) is 1.85. The average molecular weight is 393 g/mol. The molecule has 10 heteroatoms. The van der Waals surface area contributed by atoms with Crippen molar-refractivity contribution in [2.45, 2.75) is 23.6 Å². The number of nitrogens with one attached hydrogen (secondary N) is 2. The number of pyridine rings is 1. The first-order chi connectivity index (χ1) is 13.7. The van der Waals surface area contributed by atoms with Crippen molar-refractivity contribution < 1.29 is 4.79 Å². The molecule has 1 fully saturated rings. The fraction of sp³-hybridized carbons (Fsp3) is 0.222. The van der Waals surface area contributed by atoms with E-state index in [9.17, 15) is 14.9 Å². The summed E-state index contributed by atoms with van der Waals surface area (Å²) in [6.45, 7) is 0.712. The van der Waals surface area contributed by atoms with Crippen molar-refractivity contribution in [2.24, 2.45) is 0 Å². The molecule has 0 aliphatic carbocycles. The average Bonchev–Trinajstić information content (AvgIpc) is 3.37. The van der Waals surface area contributed by atoms with Gasteiger partial charge in [0.05, 0.1) is 16.3 Å². The minimum atomic E-state index is -0.302. The number of carbonyl (C=O) groups excluding carboxylic acids is 1. The summed E-state index contributed by atoms with van der Waals surface area (Å²) in [5.74, 6) is 0.946. The van der Waals surface area contributed by atoms with Crippen LogP contribution in [0.1, 0.15) is 24.2 Å². The topological polar surface area (TPSA) is 131 Å². The van der Waals surface area contributed by atoms with Gasteiger partial charge in [-0.05, 0) is 24.1 Å². The second-order valence-electron chi connectivity index (χ2n) is 6.18. The number of thioether (sulfide) groups is 1. The SMILES string of the molecule is N#Cc1c(-c2ccc(N3CCCC3=O)cc2)cc(=O)[nH]c1SCc1nn[nH]n1. The molecule has 1 aliphatic heterocycles. The Hall–Kier alpha value is -3.45. The third kappa shape index (κ3) is 3.52. The third-order valence-corrected chi connectivity index (χ3v) is 5.42. The van der Waals surface area contributed by atoms with E-state index in [1.165, 1.54) is 17.8 Å². The maximum Gasteiger partial charge on any atom is 0.249 e. The minimum absolute atomic E-state index is 0.113. The number of anilines is 1. The standard InChI is InChI=1S/C18H15N7O2S/c19-9-14-13(8-16(26)20-18(14)28-10-15-21-23-24-22-15)11-3-5-12(6-4-11)25-7-1-2-17(25)27/h3-6,8H,1-2,7,10H2,(H,20,26)(H,21,22,23,24). The van der Waals surface area contributed by atoms with Crippen molar-refractivity contribution in [1.82, 2.24) is 25.6 Å². The van der Waals surface area contributed by atoms with Crippen LogP contribution in [0.5, 0.6) is 0 Å². The smallest absolute Gasteiger partial charge is 0.249 e. The van der Waals surface area contributed by atoms with Gasteiger partial charge in [-0.15, -0.1) is 10.2 Å². The molecule has 3 aromatic rings. The highest BCUT2D eigenvalue weighted by Gasteiger charge is 2.22. The van der Waals surface area contributed by atoms with Crippen molar-refractivity contribution in [1.29, 1.82) is 5.26 Å². The van der Waals surface area contributed by atoms with Crippen LogP contribution in [0.15, 0.2) is 40.2 Å². The van der Waals surface area contributed by atoms with Crippen LogP contribution in [0.3, 0.4) is 0 Å². The zero-order chi connectivity index (χ0) is 19.5. The number of rotatable bonds is 5. The number of benzene rings is 1. The van der Waals surface area contributed by atoms with Gasteiger partial charge in [-0.3, -0.25) is 9.59 Å². The molecule has 0 spiro atoms. The molecule has 4 rings (SSSR count). The van der Waals surface area contributed by atoms with Gasteiger partial charge in [0.25, 0.3) is 0 Å². The lowest BCUT2D eigenvalue weighted by molar-refractivity contribution is -0.117. The van der Waals surface area contributed by atoms with Crippen LogP contribution in [0.2, 0.25) is 0 Å². The molecule has 28 heavy (non-hydrogen) atoms. The van der Waals surface area contributed by atoms with E-state index >= 15 is 0 Å². The first-order valence-electron chi connectivity index (χ1n) is 8.59. The van der Waals surface area contributed by atoms with E-state index < -0.39 is 0 Å². The Morgan fingerprint density at radius 2 is 2.07 bits per heavy atom. The lowest BCUT2D eigenvalue weighted by Crippen LogP contribution is -2.23. The number of tetrazole rings is 1. The Morgan fingerprint density at radius 3 is 2.71 bits per heavy atom. The molecule has 2 N–H and O–H groups in total. The molecular formula is C18H15N7O2S. The Morgan fingerprint density at radius 1 is 1.25 bits per heavy atom. The zero-order valence-corrected chi connectivity index (χ0v) is 15.5. The van der Waals surface area contributed by atoms with Gasteiger partial charge in [-0.25, -0.2) is 0 Å². The van der Waals surface area contributed by atoms with E-state index in [-0.39, 0.29) is 11.5 Å². The summed E-state index contributed by atoms with van der Waals surface area (Å²) in [6, 6.07) is 10.9. The second-order valence-corrected chi connectivity index (χ2v) is 7.16. The van der Waals surface area contributed by atoms with E-state index in [0.717, 1.165) is 17.7 Å². The Balaban J connectivity index is 1.66. The van der Waals surface area contributed by atoms with Crippen LogP contribution in [-0.2, 0) is 10.5 Å². The molecule has 0 saturated carbocycles. The normalized spacial score (nSPS) is 13.7. The van der Waals surface area contributed by atoms with Crippen molar-refractivity contribution in [3.05, 3.63) is 52.1 Å². The second kappa shape index (κ2) is 7.66. The number of aromatic nitrogens is 5. The molecule has 1 aliphatic rings. The lowest BCUT2D eigenvalue weighted by Gasteiger charge is -2.16. The van der Waals surface area contributed by atoms with Crippen molar-refractivity contribution >= 4 is 23.4 Å². The summed E-state index contributed by atoms with van der Waals surface area (Å²) in [7, 11) is 0. The van der Waals surface area contributed by atoms with E-state index in [1.807, 2.05) is 24.3 Å². The van der Waals surface area contributed by atoms with Crippen LogP contribution in [-0.4, -0.2) is 38.1 Å². The zero-order valence-electron chi connectivity index (χ0n) is 14.7. The van der Waals surface area contributed by atoms with Crippen LogP contribution < -0.4 is 10.5 Å². The van der Waals surface area contributed by atoms with Gasteiger partial charge >= 0.3 is 0 Å². The van der Waals surface area contributed by atoms with Crippen molar-refractivity contribution in [3.8, 4) is 17.2 Å². The van der Waals surface area contributed by atoms with Gasteiger partial charge in [0, 0.05) is 30.3 Å². The van der Waals surface area contributed by atoms with Crippen LogP contribution in [0.4, 0.5) is 5.69 Å². The summed E-state index contributed by atoms with van der Waals surface area (Å²) < 4.78 is 0. The largest absolute Gasteiger partial charge is 0.316 e. The van der Waals surface area contributed by atoms with Gasteiger partial charge in [0.15, 0.2) is 5.82 Å². The first kappa shape index (κ1) is 17.9. The summed E-state index contributed by atoms with van der Waals surface area (Å²) in [5, 5.41) is 23.7. The molecular weight excluding hydrogens is 378 g/mol. The molecule has 9 nitrogen and oxygen atoms in total. The van der Waals surface area contributed by atoms with E-state index in [1.54, 1.807) is 4.90 Å². The highest BCUT2D eigenvalue weighted by Crippen LogP contribution is 2.31. The number of nitriles is 1. The van der Waals surface area contributed by atoms with E-state index in [4.69, 9.17) is 0 Å². The summed E-state index contributed by atoms with van der Waals surface area (Å²) >= 11 is 1.26. The highest BCUT2D eigenvalue weighted by atomic mass is 32.2. The number of aromatic amines is 2. The maximum atomic E-state index is 12.2. The quantitative estimate of drug-likeness (QED) is 0.632. The van der Waals surface area contributed by atoms with Crippen molar-refractivity contribution in [3.63, 3.8) is 0 Å². The molecule has 0 bridgehead atoms. The highest BCUT2D eigenvalue weighted by molar-refractivity contribution is 7.98. The summed E-state index contributed by atoms with van der Waals surface area (Å²) in [5.41, 5.74) is 2.17.